The highest BCUT2D eigenvalue weighted by Gasteiger charge is 2.27. The summed E-state index contributed by atoms with van der Waals surface area (Å²) in [5, 5.41) is 10.9. The second kappa shape index (κ2) is 4.11. The van der Waals surface area contributed by atoms with Gasteiger partial charge in [0.15, 0.2) is 9.84 Å². The van der Waals surface area contributed by atoms with Crippen molar-refractivity contribution in [1.29, 1.82) is 0 Å². The lowest BCUT2D eigenvalue weighted by atomic mass is 10.2. The normalized spacial score (nSPS) is 15.6. The molecule has 8 heteroatoms. The van der Waals surface area contributed by atoms with Gasteiger partial charge in [-0.2, -0.15) is 0 Å². The highest BCUT2D eigenvalue weighted by Crippen LogP contribution is 2.29. The van der Waals surface area contributed by atoms with Gasteiger partial charge in [-0.25, -0.2) is 8.42 Å². The maximum Gasteiger partial charge on any atom is 0.291 e. The van der Waals surface area contributed by atoms with E-state index in [2.05, 4.69) is 0 Å². The zero-order valence-corrected chi connectivity index (χ0v) is 10.1. The predicted molar refractivity (Wildman–Crippen MR) is 59.3 cm³/mol. The minimum atomic E-state index is -3.31. The largest absolute Gasteiger partial charge is 0.373 e. The molecule has 0 aliphatic carbocycles. The van der Waals surface area contributed by atoms with Gasteiger partial charge in [0.2, 0.25) is 0 Å². The van der Waals surface area contributed by atoms with Crippen LogP contribution in [0.15, 0.2) is 6.20 Å². The smallest absolute Gasteiger partial charge is 0.291 e. The molecule has 0 unspecified atom stereocenters. The van der Waals surface area contributed by atoms with Crippen LogP contribution in [0, 0.1) is 10.1 Å². The van der Waals surface area contributed by atoms with Gasteiger partial charge >= 0.3 is 0 Å². The number of hydrogen-bond acceptors (Lipinski definition) is 5. The third-order valence-corrected chi connectivity index (χ3v) is 3.41. The second-order valence-electron chi connectivity index (χ2n) is 4.01. The van der Waals surface area contributed by atoms with Gasteiger partial charge < -0.3 is 9.30 Å². The van der Waals surface area contributed by atoms with Gasteiger partial charge in [0.1, 0.15) is 0 Å². The molecule has 0 saturated heterocycles. The van der Waals surface area contributed by atoms with Gasteiger partial charge in [0.25, 0.3) is 5.69 Å². The van der Waals surface area contributed by atoms with E-state index >= 15 is 0 Å². The Hall–Kier alpha value is -1.41. The minimum absolute atomic E-state index is 0.143. The van der Waals surface area contributed by atoms with Crippen LogP contribution in [0.4, 0.5) is 5.69 Å². The first-order chi connectivity index (χ1) is 7.88. The molecule has 94 valence electrons. The highest BCUT2D eigenvalue weighted by molar-refractivity contribution is 7.89. The lowest BCUT2D eigenvalue weighted by Crippen LogP contribution is -2.17. The predicted octanol–water partition coefficient (Wildman–Crippen LogP) is 0.471. The molecule has 2 heterocycles. The van der Waals surface area contributed by atoms with Crippen LogP contribution in [0.5, 0.6) is 0 Å². The number of rotatable bonds is 3. The number of sulfone groups is 1. The molecule has 1 aliphatic heterocycles. The Kier molecular flexibility index (Phi) is 2.92. The lowest BCUT2D eigenvalue weighted by Gasteiger charge is -2.16. The van der Waals surface area contributed by atoms with E-state index in [1.807, 2.05) is 0 Å². The van der Waals surface area contributed by atoms with Gasteiger partial charge in [0, 0.05) is 12.8 Å². The molecule has 1 aromatic heterocycles. The van der Waals surface area contributed by atoms with Crippen molar-refractivity contribution in [3.8, 4) is 0 Å². The summed E-state index contributed by atoms with van der Waals surface area (Å²) < 4.78 is 29.5. The number of nitro groups is 1. The molecule has 2 rings (SSSR count). The number of nitrogens with zero attached hydrogens (tertiary/aromatic N) is 2. The Balaban J connectivity index is 2.53. The molecule has 1 aliphatic rings. The molecule has 7 nitrogen and oxygen atoms in total. The van der Waals surface area contributed by atoms with Crippen molar-refractivity contribution in [2.75, 3.05) is 12.9 Å². The highest BCUT2D eigenvalue weighted by atomic mass is 32.2. The Morgan fingerprint density at radius 3 is 2.88 bits per heavy atom. The van der Waals surface area contributed by atoms with E-state index in [1.165, 1.54) is 6.20 Å². The van der Waals surface area contributed by atoms with Crippen LogP contribution in [0.3, 0.4) is 0 Å². The number of hydrogen-bond donors (Lipinski definition) is 0. The summed E-state index contributed by atoms with van der Waals surface area (Å²) in [4.78, 5) is 10.3. The Morgan fingerprint density at radius 1 is 1.59 bits per heavy atom. The molecule has 17 heavy (non-hydrogen) atoms. The summed E-state index contributed by atoms with van der Waals surface area (Å²) in [7, 11) is -3.31. The lowest BCUT2D eigenvalue weighted by molar-refractivity contribution is -0.385. The zero-order chi connectivity index (χ0) is 12.6. The van der Waals surface area contributed by atoms with E-state index in [0.717, 1.165) is 6.26 Å². The molecule has 0 saturated carbocycles. The van der Waals surface area contributed by atoms with Crippen molar-refractivity contribution < 1.29 is 18.1 Å². The molecule has 0 aromatic carbocycles. The third-order valence-electron chi connectivity index (χ3n) is 2.60. The van der Waals surface area contributed by atoms with Crippen LogP contribution in [-0.2, 0) is 33.5 Å². The van der Waals surface area contributed by atoms with Crippen LogP contribution in [0.1, 0.15) is 11.3 Å². The first-order valence-corrected chi connectivity index (χ1v) is 7.05. The summed E-state index contributed by atoms with van der Waals surface area (Å²) in [6, 6.07) is 0. The van der Waals surface area contributed by atoms with Crippen molar-refractivity contribution in [2.24, 2.45) is 0 Å². The average molecular weight is 260 g/mol. The van der Waals surface area contributed by atoms with Crippen LogP contribution in [0.25, 0.3) is 0 Å². The molecule has 0 fully saturated rings. The van der Waals surface area contributed by atoms with Crippen molar-refractivity contribution in [2.45, 2.75) is 18.9 Å². The first kappa shape index (κ1) is 12.1. The van der Waals surface area contributed by atoms with Gasteiger partial charge in [-0.1, -0.05) is 0 Å². The molecule has 0 N–H and O–H groups in total. The standard InChI is InChI=1S/C9H12N2O5S/c1-17(14,15)6-7-8(11(12)13)4-10-2-3-16-5-9(7)10/h4H,2-3,5-6H2,1H3. The Bertz CT molecular complexity index is 560. The van der Waals surface area contributed by atoms with E-state index in [-0.39, 0.29) is 23.6 Å². The van der Waals surface area contributed by atoms with E-state index in [1.54, 1.807) is 4.57 Å². The molecular formula is C9H12N2O5S. The number of ether oxygens (including phenoxy) is 1. The van der Waals surface area contributed by atoms with Gasteiger partial charge in [-0.15, -0.1) is 0 Å². The monoisotopic (exact) mass is 260 g/mol. The number of aromatic nitrogens is 1. The molecule has 0 bridgehead atoms. The average Bonchev–Trinajstić information content (AvgIpc) is 2.55. The van der Waals surface area contributed by atoms with Crippen LogP contribution in [-0.4, -0.2) is 30.8 Å². The number of fused-ring (bicyclic) bond motifs is 1. The first-order valence-electron chi connectivity index (χ1n) is 4.99. The van der Waals surface area contributed by atoms with E-state index in [0.29, 0.717) is 18.8 Å². The Morgan fingerprint density at radius 2 is 2.29 bits per heavy atom. The molecule has 0 atom stereocenters. The topological polar surface area (TPSA) is 91.4 Å². The summed E-state index contributed by atoms with van der Waals surface area (Å²) in [6.07, 6.45) is 2.45. The maximum atomic E-state index is 11.3. The Labute approximate surface area is 98.1 Å². The van der Waals surface area contributed by atoms with Crippen LogP contribution >= 0.6 is 0 Å². The molecule has 1 aromatic rings. The van der Waals surface area contributed by atoms with Gasteiger partial charge in [0.05, 0.1) is 41.3 Å². The summed E-state index contributed by atoms with van der Waals surface area (Å²) in [5.74, 6) is -0.324. The van der Waals surface area contributed by atoms with E-state index in [9.17, 15) is 18.5 Å². The summed E-state index contributed by atoms with van der Waals surface area (Å²) in [6.45, 7) is 1.22. The van der Waals surface area contributed by atoms with Crippen molar-refractivity contribution >= 4 is 15.5 Å². The second-order valence-corrected chi connectivity index (χ2v) is 6.15. The molecule has 0 amide bonds. The van der Waals surface area contributed by atoms with Gasteiger partial charge in [-0.3, -0.25) is 10.1 Å². The fourth-order valence-electron chi connectivity index (χ4n) is 1.90. The molecule has 0 spiro atoms. The van der Waals surface area contributed by atoms with Gasteiger partial charge in [-0.05, 0) is 0 Å². The quantitative estimate of drug-likeness (QED) is 0.582. The fourth-order valence-corrected chi connectivity index (χ4v) is 2.74. The third kappa shape index (κ3) is 2.47. The fraction of sp³-hybridized carbons (Fsp3) is 0.556. The maximum absolute atomic E-state index is 11.3. The van der Waals surface area contributed by atoms with Crippen LogP contribution < -0.4 is 0 Å². The molecular weight excluding hydrogens is 248 g/mol. The SMILES string of the molecule is CS(=O)(=O)Cc1c([N+](=O)[O-])cn2c1COCC2. The summed E-state index contributed by atoms with van der Waals surface area (Å²) >= 11 is 0. The van der Waals surface area contributed by atoms with Crippen molar-refractivity contribution in [1.82, 2.24) is 4.57 Å². The van der Waals surface area contributed by atoms with Crippen molar-refractivity contribution in [3.63, 3.8) is 0 Å². The molecule has 0 radical (unpaired) electrons. The minimum Gasteiger partial charge on any atom is -0.373 e. The van der Waals surface area contributed by atoms with E-state index in [4.69, 9.17) is 4.74 Å². The van der Waals surface area contributed by atoms with Crippen LogP contribution in [0.2, 0.25) is 0 Å². The summed E-state index contributed by atoms with van der Waals surface area (Å²) in [5.41, 5.74) is 0.696. The van der Waals surface area contributed by atoms with Crippen molar-refractivity contribution in [3.05, 3.63) is 27.6 Å². The zero-order valence-electron chi connectivity index (χ0n) is 9.25. The van der Waals surface area contributed by atoms with E-state index < -0.39 is 14.8 Å².